The number of fused-ring (bicyclic) bond motifs is 1. The van der Waals surface area contributed by atoms with Crippen LogP contribution in [-0.2, 0) is 28.8 Å². The average Bonchev–Trinajstić information content (AvgIpc) is 3.78. The van der Waals surface area contributed by atoms with Gasteiger partial charge >= 0.3 is 19.1 Å². The molecule has 0 spiro atoms. The van der Waals surface area contributed by atoms with Crippen molar-refractivity contribution in [1.82, 2.24) is 55.1 Å². The first-order chi connectivity index (χ1) is 36.6. The van der Waals surface area contributed by atoms with E-state index in [-0.39, 0.29) is 109 Å². The molecular formula is C49H77BN14O13. The highest BCUT2D eigenvalue weighted by Crippen LogP contribution is 2.24. The second kappa shape index (κ2) is 29.8. The Bertz CT molecular complexity index is 2380. The smallest absolute Gasteiger partial charge is 0.475 e. The number of carboxylic acids is 2. The number of hydrogen-bond acceptors (Lipinski definition) is 17. The van der Waals surface area contributed by atoms with Crippen LogP contribution in [0.3, 0.4) is 0 Å². The van der Waals surface area contributed by atoms with Crippen molar-refractivity contribution in [3.8, 4) is 0 Å². The summed E-state index contributed by atoms with van der Waals surface area (Å²) in [6.07, 6.45) is -0.272. The predicted molar refractivity (Wildman–Crippen MR) is 284 cm³/mol. The van der Waals surface area contributed by atoms with Gasteiger partial charge in [0.1, 0.15) is 12.1 Å². The molecular weight excluding hydrogens is 1000 g/mol. The highest BCUT2D eigenvalue weighted by atomic mass is 16.4. The summed E-state index contributed by atoms with van der Waals surface area (Å²) in [6.45, 7) is 5.36. The van der Waals surface area contributed by atoms with Crippen LogP contribution in [0.2, 0.25) is 0 Å². The standard InChI is InChI=1S/C49H77BN14O13/c1-33(47(74)64-28-34(65)27-40(64)50(76)77)55-46(73)38-11-10-37(35-7-4-5-8-36(35)38)45(72)53-13-14-58-23-25-63(26-24-58)48(75)39(9-6-12-54-49(52)57(2)3)56-42(67)30-60-17-21-61(31-43(68)69)19-15-59(29-41(51)66)16-20-62(22-18-60)32-44(70)71/h4-5,7-8,10-11,33-34,39-40,65,76-77H,6,9,12-32H2,1-3H3,(H2,51,66)(H2,52,54)(H,53,72)(H,55,73)(H,56,67)(H,68,69)(H,70,71)/t33-,34+,39+,40+/m1/s1. The molecule has 27 nitrogen and oxygen atoms in total. The van der Waals surface area contributed by atoms with Gasteiger partial charge in [-0.1, -0.05) is 24.3 Å². The monoisotopic (exact) mass is 1080 g/mol. The quantitative estimate of drug-likeness (QED) is 0.0228. The zero-order valence-corrected chi connectivity index (χ0v) is 44.3. The van der Waals surface area contributed by atoms with Crippen molar-refractivity contribution in [1.29, 1.82) is 0 Å². The number of piperazine rings is 1. The number of carbonyl (C=O) groups is 8. The van der Waals surface area contributed by atoms with Crippen molar-refractivity contribution in [2.24, 2.45) is 16.5 Å². The van der Waals surface area contributed by atoms with Crippen molar-refractivity contribution in [3.63, 3.8) is 0 Å². The number of nitrogens with one attached hydrogen (secondary N) is 3. The number of β-amino-alcohol motifs (C(OH)–C–C–N with tert-alkyl or cyclic N) is 1. The van der Waals surface area contributed by atoms with Gasteiger partial charge in [0.2, 0.25) is 23.6 Å². The fraction of sp³-hybridized carbons (Fsp3) is 0.612. The fourth-order valence-electron chi connectivity index (χ4n) is 9.64. The van der Waals surface area contributed by atoms with Gasteiger partial charge < -0.3 is 67.5 Å². The van der Waals surface area contributed by atoms with Gasteiger partial charge in [0.25, 0.3) is 11.8 Å². The maximum atomic E-state index is 14.3. The summed E-state index contributed by atoms with van der Waals surface area (Å²) in [6, 6.07) is 7.91. The number of nitrogens with zero attached hydrogens (tertiary/aromatic N) is 9. The van der Waals surface area contributed by atoms with Crippen LogP contribution in [0.4, 0.5) is 0 Å². The molecule has 3 aliphatic heterocycles. The van der Waals surface area contributed by atoms with Crippen LogP contribution < -0.4 is 27.4 Å². The van der Waals surface area contributed by atoms with Crippen molar-refractivity contribution in [2.45, 2.75) is 50.3 Å². The molecule has 77 heavy (non-hydrogen) atoms. The third-order valence-corrected chi connectivity index (χ3v) is 13.9. The second-order valence-electron chi connectivity index (χ2n) is 19.9. The Morgan fingerprint density at radius 1 is 0.701 bits per heavy atom. The van der Waals surface area contributed by atoms with E-state index in [1.54, 1.807) is 67.8 Å². The van der Waals surface area contributed by atoms with E-state index in [9.17, 15) is 63.7 Å². The zero-order chi connectivity index (χ0) is 56.3. The minimum Gasteiger partial charge on any atom is -0.480 e. The Balaban J connectivity index is 1.18. The van der Waals surface area contributed by atoms with E-state index >= 15 is 0 Å². The van der Waals surface area contributed by atoms with Crippen LogP contribution in [0.25, 0.3) is 10.8 Å². The SMILES string of the molecule is C[C@@H](NC(=O)c1ccc(C(=O)NCCN2CCN(C(=O)[C@H](CCCN=C(N)N(C)C)NC(=O)CN3CCN(CC(=O)O)CCN(CC(N)=O)CCN(CC(=O)O)CC3)CC2)c2ccccc12)C(=O)N1C[C@@H](O)C[C@H]1B(O)O. The lowest BCUT2D eigenvalue weighted by Gasteiger charge is -2.37. The highest BCUT2D eigenvalue weighted by Gasteiger charge is 2.42. The highest BCUT2D eigenvalue weighted by molar-refractivity contribution is 6.43. The zero-order valence-electron chi connectivity index (χ0n) is 44.3. The van der Waals surface area contributed by atoms with E-state index in [4.69, 9.17) is 11.5 Å². The number of guanidine groups is 1. The molecule has 2 aromatic rings. The molecule has 12 N–H and O–H groups in total. The van der Waals surface area contributed by atoms with Gasteiger partial charge in [0, 0.05) is 130 Å². The van der Waals surface area contributed by atoms with Gasteiger partial charge in [-0.2, -0.15) is 0 Å². The number of aliphatic imine (C=N–C) groups is 1. The maximum Gasteiger partial charge on any atom is 0.475 e. The number of carbonyl (C=O) groups excluding carboxylic acids is 6. The molecule has 3 saturated heterocycles. The Morgan fingerprint density at radius 2 is 1.21 bits per heavy atom. The molecule has 0 saturated carbocycles. The average molecular weight is 1080 g/mol. The van der Waals surface area contributed by atoms with Crippen LogP contribution in [0, 0.1) is 0 Å². The summed E-state index contributed by atoms with van der Waals surface area (Å²) in [5.41, 5.74) is 12.0. The number of aliphatic hydroxyl groups excluding tert-OH is 1. The van der Waals surface area contributed by atoms with Crippen molar-refractivity contribution in [3.05, 3.63) is 47.5 Å². The summed E-state index contributed by atoms with van der Waals surface area (Å²) >= 11 is 0. The number of hydrogen-bond donors (Lipinski definition) is 10. The summed E-state index contributed by atoms with van der Waals surface area (Å²) in [7, 11) is 1.65. The molecule has 0 aromatic heterocycles. The normalized spacial score (nSPS) is 19.8. The molecule has 5 rings (SSSR count). The van der Waals surface area contributed by atoms with Crippen LogP contribution in [0.1, 0.15) is 46.9 Å². The van der Waals surface area contributed by atoms with Gasteiger partial charge in [0.05, 0.1) is 38.2 Å². The number of nitrogens with two attached hydrogens (primary N) is 2. The number of carboxylic acid groups (broad SMARTS) is 2. The third kappa shape index (κ3) is 19.2. The minimum atomic E-state index is -1.86. The number of aliphatic hydroxyl groups is 1. The summed E-state index contributed by atoms with van der Waals surface area (Å²) in [4.78, 5) is 122. The topological polar surface area (TPSA) is 364 Å². The Morgan fingerprint density at radius 3 is 1.71 bits per heavy atom. The maximum absolute atomic E-state index is 14.3. The summed E-state index contributed by atoms with van der Waals surface area (Å²) in [5, 5.41) is 58.4. The van der Waals surface area contributed by atoms with Crippen molar-refractivity contribution in [2.75, 3.05) is 145 Å². The van der Waals surface area contributed by atoms with E-state index in [0.717, 1.165) is 4.90 Å². The molecule has 3 fully saturated rings. The molecule has 4 atom stereocenters. The third-order valence-electron chi connectivity index (χ3n) is 13.9. The van der Waals surface area contributed by atoms with Gasteiger partial charge in [-0.05, 0) is 49.1 Å². The first-order valence-electron chi connectivity index (χ1n) is 25.9. The van der Waals surface area contributed by atoms with Crippen LogP contribution in [0.5, 0.6) is 0 Å². The van der Waals surface area contributed by atoms with Gasteiger partial charge in [-0.3, -0.25) is 67.8 Å². The van der Waals surface area contributed by atoms with Crippen LogP contribution in [-0.4, -0.2) is 294 Å². The molecule has 28 heteroatoms. The van der Waals surface area contributed by atoms with Crippen LogP contribution in [0.15, 0.2) is 41.4 Å². The molecule has 0 bridgehead atoms. The Hall–Kier alpha value is -6.53. The lowest BCUT2D eigenvalue weighted by atomic mass is 9.77. The second-order valence-corrected chi connectivity index (χ2v) is 19.9. The number of likely N-dealkylation sites (tertiary alicyclic amines) is 1. The first-order valence-corrected chi connectivity index (χ1v) is 25.9. The van der Waals surface area contributed by atoms with E-state index < -0.39 is 66.8 Å². The first kappa shape index (κ1) is 61.3. The molecule has 6 amide bonds. The number of amides is 6. The molecule has 424 valence electrons. The Labute approximate surface area is 448 Å². The van der Waals surface area contributed by atoms with Crippen LogP contribution >= 0.6 is 0 Å². The van der Waals surface area contributed by atoms with Crippen molar-refractivity contribution >= 4 is 71.2 Å². The van der Waals surface area contributed by atoms with Gasteiger partial charge in [-0.25, -0.2) is 0 Å². The fourth-order valence-corrected chi connectivity index (χ4v) is 9.64. The lowest BCUT2D eigenvalue weighted by Crippen LogP contribution is -2.56. The molecule has 3 aliphatic rings. The molecule has 3 heterocycles. The largest absolute Gasteiger partial charge is 0.480 e. The van der Waals surface area contributed by atoms with Gasteiger partial charge in [0.15, 0.2) is 5.96 Å². The van der Waals surface area contributed by atoms with E-state index in [2.05, 4.69) is 25.8 Å². The number of rotatable bonds is 22. The van der Waals surface area contributed by atoms with Gasteiger partial charge in [-0.15, -0.1) is 0 Å². The predicted octanol–water partition coefficient (Wildman–Crippen LogP) is -5.18. The van der Waals surface area contributed by atoms with E-state index in [1.165, 1.54) is 19.1 Å². The number of benzene rings is 2. The molecule has 0 radical (unpaired) electrons. The Kier molecular flexibility index (Phi) is 23.8. The number of primary amides is 1. The number of aliphatic carboxylic acids is 2. The molecule has 2 aromatic carbocycles. The molecule has 0 unspecified atom stereocenters. The van der Waals surface area contributed by atoms with E-state index in [1.807, 2.05) is 0 Å². The molecule has 0 aliphatic carbocycles. The van der Waals surface area contributed by atoms with E-state index in [0.29, 0.717) is 81.1 Å². The van der Waals surface area contributed by atoms with Crippen molar-refractivity contribution < 1.29 is 63.7 Å². The summed E-state index contributed by atoms with van der Waals surface area (Å²) < 4.78 is 0. The minimum absolute atomic E-state index is 0.0129. The lowest BCUT2D eigenvalue weighted by molar-refractivity contribution is -0.139. The summed E-state index contributed by atoms with van der Waals surface area (Å²) in [5.74, 6) is -5.65.